The summed E-state index contributed by atoms with van der Waals surface area (Å²) in [5.41, 5.74) is 1.04. The Labute approximate surface area is 213 Å². The first-order chi connectivity index (χ1) is 16.7. The standard InChI is InChI=1S/C22H31N3OS.C5H9NO2/c1-22(2,3)18-12-13-19(27-18)25(4)20(16-9-8-14-23-15-16)21(26)24-17-10-6-5-7-11-17;7-3-4-1-5(8)2-6-4/h8-9,12-15,17,20H,5-7,10-11H2,1-4H3,(H,24,26);3-6,8H,1-2H2. The molecule has 3 atom stereocenters. The number of aromatic nitrogens is 1. The third-order valence-electron chi connectivity index (χ3n) is 6.57. The number of hydrogen-bond donors (Lipinski definition) is 3. The average molecular weight is 501 g/mol. The van der Waals surface area contributed by atoms with Gasteiger partial charge in [0.2, 0.25) is 5.91 Å². The van der Waals surface area contributed by atoms with E-state index >= 15 is 0 Å². The molecule has 1 aliphatic heterocycles. The topological polar surface area (TPSA) is 94.6 Å². The molecule has 0 radical (unpaired) electrons. The van der Waals surface area contributed by atoms with E-state index in [1.807, 2.05) is 19.2 Å². The maximum atomic E-state index is 13.3. The van der Waals surface area contributed by atoms with Crippen molar-refractivity contribution < 1.29 is 14.7 Å². The van der Waals surface area contributed by atoms with Crippen molar-refractivity contribution in [2.24, 2.45) is 0 Å². The molecule has 8 heteroatoms. The number of anilines is 1. The second kappa shape index (κ2) is 12.6. The van der Waals surface area contributed by atoms with E-state index in [1.165, 1.54) is 24.1 Å². The Hall–Kier alpha value is -2.29. The van der Waals surface area contributed by atoms with E-state index in [4.69, 9.17) is 5.11 Å². The van der Waals surface area contributed by atoms with Crippen molar-refractivity contribution in [2.45, 2.75) is 88.9 Å². The van der Waals surface area contributed by atoms with Gasteiger partial charge in [0.1, 0.15) is 12.3 Å². The second-order valence-corrected chi connectivity index (χ2v) is 11.6. The van der Waals surface area contributed by atoms with Crippen LogP contribution in [0.15, 0.2) is 36.7 Å². The minimum absolute atomic E-state index is 0.0723. The third-order valence-corrected chi connectivity index (χ3v) is 8.17. The summed E-state index contributed by atoms with van der Waals surface area (Å²) in [5, 5.41) is 16.1. The molecule has 2 aliphatic rings. The van der Waals surface area contributed by atoms with Gasteiger partial charge in [-0.3, -0.25) is 9.78 Å². The number of rotatable bonds is 6. The molecule has 0 bridgehead atoms. The lowest BCUT2D eigenvalue weighted by atomic mass is 9.95. The number of pyridine rings is 1. The number of likely N-dealkylation sites (N-methyl/N-ethyl adjacent to an activating group) is 1. The number of thiophene rings is 1. The highest BCUT2D eigenvalue weighted by molar-refractivity contribution is 7.16. The fourth-order valence-corrected chi connectivity index (χ4v) is 5.57. The van der Waals surface area contributed by atoms with Gasteiger partial charge < -0.3 is 25.4 Å². The van der Waals surface area contributed by atoms with E-state index in [0.29, 0.717) is 19.0 Å². The zero-order valence-electron chi connectivity index (χ0n) is 21.4. The molecule has 2 aromatic heterocycles. The van der Waals surface area contributed by atoms with E-state index in [1.54, 1.807) is 23.7 Å². The lowest BCUT2D eigenvalue weighted by molar-refractivity contribution is -0.123. The SMILES string of the molecule is CN(c1ccc(C(C)(C)C)s1)C(C(=O)NC1CCCCC1)c1cccnc1.O=CC1CC(O)CN1. The number of aliphatic hydroxyl groups is 1. The van der Waals surface area contributed by atoms with E-state index in [2.05, 4.69) is 53.4 Å². The molecule has 3 unspecified atom stereocenters. The van der Waals surface area contributed by atoms with Gasteiger partial charge in [-0.15, -0.1) is 11.3 Å². The summed E-state index contributed by atoms with van der Waals surface area (Å²) in [6.07, 6.45) is 10.5. The first-order valence-corrected chi connectivity index (χ1v) is 13.4. The van der Waals surface area contributed by atoms with Gasteiger partial charge in [-0.1, -0.05) is 46.1 Å². The summed E-state index contributed by atoms with van der Waals surface area (Å²) in [5.74, 6) is 0.0723. The van der Waals surface area contributed by atoms with Crippen LogP contribution in [0.3, 0.4) is 0 Å². The molecule has 1 saturated heterocycles. The Morgan fingerprint density at radius 1 is 1.26 bits per heavy atom. The van der Waals surface area contributed by atoms with Crippen molar-refractivity contribution in [3.8, 4) is 0 Å². The Morgan fingerprint density at radius 3 is 2.51 bits per heavy atom. The number of carbonyl (C=O) groups is 2. The number of hydrogen-bond acceptors (Lipinski definition) is 7. The largest absolute Gasteiger partial charge is 0.392 e. The number of nitrogens with one attached hydrogen (secondary N) is 2. The Bertz CT molecular complexity index is 937. The predicted octanol–water partition coefficient (Wildman–Crippen LogP) is 3.98. The molecule has 0 spiro atoms. The van der Waals surface area contributed by atoms with E-state index in [9.17, 15) is 9.59 Å². The highest BCUT2D eigenvalue weighted by atomic mass is 32.1. The molecule has 0 aromatic carbocycles. The molecule has 3 heterocycles. The van der Waals surface area contributed by atoms with Crippen molar-refractivity contribution in [3.05, 3.63) is 47.1 Å². The number of amides is 1. The van der Waals surface area contributed by atoms with Gasteiger partial charge in [0.15, 0.2) is 0 Å². The van der Waals surface area contributed by atoms with Crippen LogP contribution in [0.25, 0.3) is 0 Å². The van der Waals surface area contributed by atoms with Crippen molar-refractivity contribution >= 4 is 28.5 Å². The number of carbonyl (C=O) groups excluding carboxylic acids is 2. The zero-order valence-corrected chi connectivity index (χ0v) is 22.2. The van der Waals surface area contributed by atoms with Crippen LogP contribution in [-0.4, -0.2) is 54.1 Å². The van der Waals surface area contributed by atoms with Crippen LogP contribution >= 0.6 is 11.3 Å². The maximum Gasteiger partial charge on any atom is 0.247 e. The Morgan fingerprint density at radius 2 is 2.00 bits per heavy atom. The normalized spacial score (nSPS) is 21.5. The monoisotopic (exact) mass is 500 g/mol. The molecule has 1 aliphatic carbocycles. The summed E-state index contributed by atoms with van der Waals surface area (Å²) < 4.78 is 0. The highest BCUT2D eigenvalue weighted by Crippen LogP contribution is 2.37. The van der Waals surface area contributed by atoms with Gasteiger partial charge in [-0.2, -0.15) is 0 Å². The summed E-state index contributed by atoms with van der Waals surface area (Å²) in [7, 11) is 2.01. The summed E-state index contributed by atoms with van der Waals surface area (Å²) >= 11 is 1.76. The molecule has 2 fully saturated rings. The van der Waals surface area contributed by atoms with Gasteiger partial charge in [0.05, 0.1) is 17.1 Å². The van der Waals surface area contributed by atoms with Crippen LogP contribution in [0, 0.1) is 0 Å². The maximum absolute atomic E-state index is 13.3. The van der Waals surface area contributed by atoms with Crippen LogP contribution in [0.1, 0.15) is 75.8 Å². The van der Waals surface area contributed by atoms with Crippen LogP contribution in [0.4, 0.5) is 5.00 Å². The molecule has 192 valence electrons. The minimum atomic E-state index is -0.368. The van der Waals surface area contributed by atoms with Crippen molar-refractivity contribution in [1.29, 1.82) is 0 Å². The number of aliphatic hydroxyl groups excluding tert-OH is 1. The first-order valence-electron chi connectivity index (χ1n) is 12.6. The lowest BCUT2D eigenvalue weighted by Gasteiger charge is -2.31. The van der Waals surface area contributed by atoms with Crippen molar-refractivity contribution in [2.75, 3.05) is 18.5 Å². The van der Waals surface area contributed by atoms with Gasteiger partial charge in [0, 0.05) is 42.5 Å². The second-order valence-electron chi connectivity index (χ2n) is 10.6. The van der Waals surface area contributed by atoms with Crippen LogP contribution < -0.4 is 15.5 Å². The van der Waals surface area contributed by atoms with E-state index < -0.39 is 0 Å². The van der Waals surface area contributed by atoms with Gasteiger partial charge in [-0.25, -0.2) is 0 Å². The number of β-amino-alcohol motifs (C(OH)–C–C–N with tert-alkyl or cyclic N) is 1. The lowest BCUT2D eigenvalue weighted by Crippen LogP contribution is -2.44. The Balaban J connectivity index is 0.000000363. The van der Waals surface area contributed by atoms with Crippen LogP contribution in [-0.2, 0) is 15.0 Å². The predicted molar refractivity (Wildman–Crippen MR) is 142 cm³/mol. The molecule has 1 amide bonds. The summed E-state index contributed by atoms with van der Waals surface area (Å²) in [6, 6.07) is 8.02. The molecule has 3 N–H and O–H groups in total. The van der Waals surface area contributed by atoms with Gasteiger partial charge in [0.25, 0.3) is 0 Å². The first kappa shape index (κ1) is 27.3. The molecule has 4 rings (SSSR count). The third kappa shape index (κ3) is 7.85. The highest BCUT2D eigenvalue weighted by Gasteiger charge is 2.29. The average Bonchev–Trinajstić information content (AvgIpc) is 3.50. The summed E-state index contributed by atoms with van der Waals surface area (Å²) in [6.45, 7) is 7.22. The number of aldehydes is 1. The smallest absolute Gasteiger partial charge is 0.247 e. The number of nitrogens with zero attached hydrogens (tertiary/aromatic N) is 2. The van der Waals surface area contributed by atoms with Crippen LogP contribution in [0.2, 0.25) is 0 Å². The molecular weight excluding hydrogens is 460 g/mol. The fourth-order valence-electron chi connectivity index (χ4n) is 4.51. The van der Waals surface area contributed by atoms with Gasteiger partial charge in [-0.05, 0) is 42.9 Å². The molecular formula is C27H40N4O3S. The molecule has 35 heavy (non-hydrogen) atoms. The molecule has 1 saturated carbocycles. The fraction of sp³-hybridized carbons (Fsp3) is 0.593. The van der Waals surface area contributed by atoms with Gasteiger partial charge >= 0.3 is 0 Å². The van der Waals surface area contributed by atoms with Crippen molar-refractivity contribution in [1.82, 2.24) is 15.6 Å². The van der Waals surface area contributed by atoms with Crippen molar-refractivity contribution in [3.63, 3.8) is 0 Å². The quantitative estimate of drug-likeness (QED) is 0.520. The molecule has 2 aromatic rings. The minimum Gasteiger partial charge on any atom is -0.392 e. The zero-order chi connectivity index (χ0) is 25.4. The van der Waals surface area contributed by atoms with E-state index in [-0.39, 0.29) is 29.5 Å². The molecule has 7 nitrogen and oxygen atoms in total. The Kier molecular flexibility index (Phi) is 9.83. The van der Waals surface area contributed by atoms with E-state index in [0.717, 1.165) is 29.7 Å². The van der Waals surface area contributed by atoms with Crippen LogP contribution in [0.5, 0.6) is 0 Å². The summed E-state index contributed by atoms with van der Waals surface area (Å²) in [4.78, 5) is 30.9.